The van der Waals surface area contributed by atoms with Crippen molar-refractivity contribution in [1.82, 2.24) is 0 Å². The normalized spacial score (nSPS) is 12.4. The third-order valence-electron chi connectivity index (χ3n) is 1.94. The van der Waals surface area contributed by atoms with Crippen molar-refractivity contribution in [1.29, 1.82) is 0 Å². The highest BCUT2D eigenvalue weighted by Crippen LogP contribution is 2.22. The van der Waals surface area contributed by atoms with Gasteiger partial charge in [-0.1, -0.05) is 13.0 Å². The molecule has 0 aliphatic carbocycles. The summed E-state index contributed by atoms with van der Waals surface area (Å²) in [5.74, 6) is 1.90. The number of ether oxygens (including phenoxy) is 1. The minimum atomic E-state index is -0.791. The zero-order valence-corrected chi connectivity index (χ0v) is 9.26. The largest absolute Gasteiger partial charge is 0.495 e. The summed E-state index contributed by atoms with van der Waals surface area (Å²) in [6.45, 7) is 1.91. The smallest absolute Gasteiger partial charge is 0.141 e. The predicted octanol–water partition coefficient (Wildman–Crippen LogP) is 1.55. The third kappa shape index (κ3) is 2.73. The van der Waals surface area contributed by atoms with Gasteiger partial charge >= 0.3 is 0 Å². The van der Waals surface area contributed by atoms with Crippen molar-refractivity contribution in [2.75, 3.05) is 18.6 Å². The van der Waals surface area contributed by atoms with Crippen LogP contribution in [0.5, 0.6) is 5.75 Å². The van der Waals surface area contributed by atoms with Gasteiger partial charge in [-0.2, -0.15) is 0 Å². The molecular formula is C10H15NO2S. The van der Waals surface area contributed by atoms with E-state index in [1.54, 1.807) is 13.2 Å². The van der Waals surface area contributed by atoms with Gasteiger partial charge in [0.25, 0.3) is 0 Å². The Morgan fingerprint density at radius 1 is 1.50 bits per heavy atom. The number of nitrogen functional groups attached to an aromatic ring is 1. The van der Waals surface area contributed by atoms with Gasteiger partial charge in [-0.15, -0.1) is 0 Å². The van der Waals surface area contributed by atoms with Crippen LogP contribution in [-0.4, -0.2) is 17.1 Å². The molecule has 1 rings (SSSR count). The molecule has 0 radical (unpaired) electrons. The molecule has 14 heavy (non-hydrogen) atoms. The van der Waals surface area contributed by atoms with Crippen molar-refractivity contribution in [3.8, 4) is 5.75 Å². The minimum absolute atomic E-state index is 0.560. The van der Waals surface area contributed by atoms with Gasteiger partial charge in [-0.3, -0.25) is 4.21 Å². The number of rotatable bonds is 4. The molecule has 0 heterocycles. The Kier molecular flexibility index (Phi) is 3.95. The highest BCUT2D eigenvalue weighted by Gasteiger charge is 2.03. The van der Waals surface area contributed by atoms with Crippen LogP contribution in [0.25, 0.3) is 0 Å². The van der Waals surface area contributed by atoms with Gasteiger partial charge in [0.15, 0.2) is 0 Å². The molecule has 3 nitrogen and oxygen atoms in total. The van der Waals surface area contributed by atoms with Gasteiger partial charge in [0.05, 0.1) is 12.8 Å². The van der Waals surface area contributed by atoms with Crippen molar-refractivity contribution in [3.05, 3.63) is 23.8 Å². The molecule has 0 saturated carbocycles. The summed E-state index contributed by atoms with van der Waals surface area (Å²) < 4.78 is 16.3. The molecule has 0 amide bonds. The number of nitrogens with two attached hydrogens (primary N) is 1. The Bertz CT molecular complexity index is 339. The van der Waals surface area contributed by atoms with Crippen LogP contribution in [0.3, 0.4) is 0 Å². The Morgan fingerprint density at radius 3 is 2.71 bits per heavy atom. The highest BCUT2D eigenvalue weighted by molar-refractivity contribution is 7.84. The second-order valence-corrected chi connectivity index (χ2v) is 4.69. The van der Waals surface area contributed by atoms with Crippen LogP contribution in [0.4, 0.5) is 5.69 Å². The first kappa shape index (κ1) is 11.0. The highest BCUT2D eigenvalue weighted by atomic mass is 32.2. The quantitative estimate of drug-likeness (QED) is 0.772. The molecule has 1 aromatic carbocycles. The second kappa shape index (κ2) is 5.00. The fraction of sp³-hybridized carbons (Fsp3) is 0.400. The molecule has 0 saturated heterocycles. The summed E-state index contributed by atoms with van der Waals surface area (Å²) in [6.07, 6.45) is 0. The molecule has 0 aliphatic heterocycles. The Morgan fingerprint density at radius 2 is 2.21 bits per heavy atom. The SMILES string of the molecule is CCS(=O)Cc1ccc(OC)c(N)c1. The number of benzene rings is 1. The molecule has 0 aliphatic rings. The lowest BCUT2D eigenvalue weighted by atomic mass is 10.2. The fourth-order valence-corrected chi connectivity index (χ4v) is 1.92. The van der Waals surface area contributed by atoms with E-state index in [9.17, 15) is 4.21 Å². The van der Waals surface area contributed by atoms with E-state index in [-0.39, 0.29) is 0 Å². The van der Waals surface area contributed by atoms with E-state index in [0.717, 1.165) is 5.56 Å². The molecule has 0 spiro atoms. The van der Waals surface area contributed by atoms with Crippen molar-refractivity contribution in [2.24, 2.45) is 0 Å². The van der Waals surface area contributed by atoms with E-state index in [0.29, 0.717) is 22.9 Å². The van der Waals surface area contributed by atoms with Crippen molar-refractivity contribution in [2.45, 2.75) is 12.7 Å². The average Bonchev–Trinajstić information content (AvgIpc) is 2.18. The molecule has 0 aromatic heterocycles. The maximum Gasteiger partial charge on any atom is 0.141 e. The topological polar surface area (TPSA) is 52.3 Å². The van der Waals surface area contributed by atoms with Crippen LogP contribution in [0, 0.1) is 0 Å². The van der Waals surface area contributed by atoms with Gasteiger partial charge in [-0.05, 0) is 17.7 Å². The van der Waals surface area contributed by atoms with Crippen molar-refractivity contribution >= 4 is 16.5 Å². The maximum absolute atomic E-state index is 11.3. The van der Waals surface area contributed by atoms with Crippen LogP contribution >= 0.6 is 0 Å². The van der Waals surface area contributed by atoms with E-state index >= 15 is 0 Å². The van der Waals surface area contributed by atoms with Gasteiger partial charge in [0, 0.05) is 22.3 Å². The van der Waals surface area contributed by atoms with Gasteiger partial charge in [0.2, 0.25) is 0 Å². The summed E-state index contributed by atoms with van der Waals surface area (Å²) in [6, 6.07) is 5.51. The van der Waals surface area contributed by atoms with E-state index in [2.05, 4.69) is 0 Å². The zero-order chi connectivity index (χ0) is 10.6. The summed E-state index contributed by atoms with van der Waals surface area (Å²) in [4.78, 5) is 0. The number of methoxy groups -OCH3 is 1. The monoisotopic (exact) mass is 213 g/mol. The fourth-order valence-electron chi connectivity index (χ4n) is 1.16. The van der Waals surface area contributed by atoms with Crippen LogP contribution in [0.15, 0.2) is 18.2 Å². The number of hydrogen-bond donors (Lipinski definition) is 1. The maximum atomic E-state index is 11.3. The van der Waals surface area contributed by atoms with Crippen LogP contribution in [0.1, 0.15) is 12.5 Å². The molecule has 1 unspecified atom stereocenters. The first-order valence-corrected chi connectivity index (χ1v) is 5.93. The molecule has 4 heteroatoms. The lowest BCUT2D eigenvalue weighted by molar-refractivity contribution is 0.417. The van der Waals surface area contributed by atoms with Gasteiger partial charge < -0.3 is 10.5 Å². The molecule has 1 atom stereocenters. The summed E-state index contributed by atoms with van der Waals surface area (Å²) >= 11 is 0. The Hall–Kier alpha value is -1.03. The lowest BCUT2D eigenvalue weighted by Crippen LogP contribution is -1.99. The Labute approximate surface area is 86.7 Å². The first-order chi connectivity index (χ1) is 6.67. The van der Waals surface area contributed by atoms with Crippen LogP contribution in [-0.2, 0) is 16.6 Å². The summed E-state index contributed by atoms with van der Waals surface area (Å²) in [7, 11) is 0.788. The summed E-state index contributed by atoms with van der Waals surface area (Å²) in [5.41, 5.74) is 7.31. The molecule has 0 fully saturated rings. The molecular weight excluding hydrogens is 198 g/mol. The molecule has 2 N–H and O–H groups in total. The molecule has 1 aromatic rings. The van der Waals surface area contributed by atoms with E-state index in [4.69, 9.17) is 10.5 Å². The molecule has 78 valence electrons. The van der Waals surface area contributed by atoms with Crippen molar-refractivity contribution < 1.29 is 8.95 Å². The molecule has 0 bridgehead atoms. The Balaban J connectivity index is 2.81. The van der Waals surface area contributed by atoms with Crippen molar-refractivity contribution in [3.63, 3.8) is 0 Å². The summed E-state index contributed by atoms with van der Waals surface area (Å²) in [5, 5.41) is 0. The lowest BCUT2D eigenvalue weighted by Gasteiger charge is -2.06. The van der Waals surface area contributed by atoms with Crippen LogP contribution < -0.4 is 10.5 Å². The first-order valence-electron chi connectivity index (χ1n) is 4.44. The third-order valence-corrected chi connectivity index (χ3v) is 3.24. The predicted molar refractivity (Wildman–Crippen MR) is 59.8 cm³/mol. The number of hydrogen-bond acceptors (Lipinski definition) is 3. The van der Waals surface area contributed by atoms with Crippen LogP contribution in [0.2, 0.25) is 0 Å². The van der Waals surface area contributed by atoms with E-state index in [1.165, 1.54) is 0 Å². The van der Waals surface area contributed by atoms with Gasteiger partial charge in [0.1, 0.15) is 5.75 Å². The standard InChI is InChI=1S/C10H15NO2S/c1-3-14(12)7-8-4-5-10(13-2)9(11)6-8/h4-6H,3,7,11H2,1-2H3. The van der Waals surface area contributed by atoms with E-state index < -0.39 is 10.8 Å². The second-order valence-electron chi connectivity index (χ2n) is 2.95. The zero-order valence-electron chi connectivity index (χ0n) is 8.45. The minimum Gasteiger partial charge on any atom is -0.495 e. The number of anilines is 1. The van der Waals surface area contributed by atoms with E-state index in [1.807, 2.05) is 19.1 Å². The average molecular weight is 213 g/mol. The van der Waals surface area contributed by atoms with Gasteiger partial charge in [-0.25, -0.2) is 0 Å².